The van der Waals surface area contributed by atoms with Gasteiger partial charge in [0.05, 0.1) is 11.8 Å². The molecule has 0 aliphatic carbocycles. The van der Waals surface area contributed by atoms with Gasteiger partial charge in [0, 0.05) is 7.05 Å². The summed E-state index contributed by atoms with van der Waals surface area (Å²) in [7, 11) is 1.61. The van der Waals surface area contributed by atoms with Crippen molar-refractivity contribution < 1.29 is 17.6 Å². The quantitative estimate of drug-likeness (QED) is 0.731. The topological polar surface area (TPSA) is 63.6 Å². The molecule has 0 amide bonds. The normalized spacial score (nSPS) is 12.4. The minimum absolute atomic E-state index is 0.122. The Morgan fingerprint density at radius 3 is 2.71 bits per heavy atom. The molecule has 0 bridgehead atoms. The fourth-order valence-electron chi connectivity index (χ4n) is 2.17. The van der Waals surface area contributed by atoms with E-state index in [4.69, 9.17) is 0 Å². The first-order chi connectivity index (χ1) is 11.3. The lowest BCUT2D eigenvalue weighted by molar-refractivity contribution is -0.140. The molecule has 0 radical (unpaired) electrons. The van der Waals surface area contributed by atoms with Gasteiger partial charge in [-0.15, -0.1) is 0 Å². The molecule has 0 saturated heterocycles. The molecule has 24 heavy (non-hydrogen) atoms. The first kappa shape index (κ1) is 15.9. The third-order valence-electron chi connectivity index (χ3n) is 3.35. The fraction of sp³-hybridized carbons (Fsp3) is 0.133. The lowest BCUT2D eigenvalue weighted by Gasteiger charge is -2.08. The van der Waals surface area contributed by atoms with Gasteiger partial charge in [-0.05, 0) is 23.8 Å². The van der Waals surface area contributed by atoms with Crippen LogP contribution in [0.4, 0.5) is 17.6 Å². The minimum atomic E-state index is -4.78. The highest BCUT2D eigenvalue weighted by Crippen LogP contribution is 2.32. The molecule has 124 valence electrons. The molecule has 0 aliphatic heterocycles. The van der Waals surface area contributed by atoms with Crippen molar-refractivity contribution in [1.82, 2.24) is 19.7 Å². The number of alkyl halides is 3. The number of hydrogen-bond acceptors (Lipinski definition) is 3. The van der Waals surface area contributed by atoms with Crippen molar-refractivity contribution in [2.45, 2.75) is 6.18 Å². The van der Waals surface area contributed by atoms with Crippen molar-refractivity contribution in [3.8, 4) is 0 Å². The second kappa shape index (κ2) is 5.59. The van der Waals surface area contributed by atoms with Crippen molar-refractivity contribution >= 4 is 23.2 Å². The molecule has 1 N–H and O–H groups in total. The zero-order chi connectivity index (χ0) is 17.5. The Morgan fingerprint density at radius 2 is 2.00 bits per heavy atom. The van der Waals surface area contributed by atoms with Crippen LogP contribution in [0, 0.1) is 5.82 Å². The van der Waals surface area contributed by atoms with E-state index >= 15 is 0 Å². The number of aromatic amines is 1. The predicted octanol–water partition coefficient (Wildman–Crippen LogP) is 2.98. The van der Waals surface area contributed by atoms with Crippen LogP contribution in [0.15, 0.2) is 29.2 Å². The smallest absolute Gasteiger partial charge is 0.306 e. The Morgan fingerprint density at radius 1 is 1.25 bits per heavy atom. The Kier molecular flexibility index (Phi) is 3.70. The summed E-state index contributed by atoms with van der Waals surface area (Å²) in [5.41, 5.74) is -1.30. The van der Waals surface area contributed by atoms with E-state index in [1.807, 2.05) is 0 Å². The average Bonchev–Trinajstić information content (AvgIpc) is 2.87. The fourth-order valence-corrected chi connectivity index (χ4v) is 2.17. The lowest BCUT2D eigenvalue weighted by Crippen LogP contribution is -2.09. The van der Waals surface area contributed by atoms with Crippen LogP contribution in [-0.4, -0.2) is 19.7 Å². The van der Waals surface area contributed by atoms with E-state index in [2.05, 4.69) is 15.1 Å². The highest BCUT2D eigenvalue weighted by atomic mass is 19.4. The van der Waals surface area contributed by atoms with E-state index in [0.717, 1.165) is 6.07 Å². The summed E-state index contributed by atoms with van der Waals surface area (Å²) in [6.07, 6.45) is -0.783. The highest BCUT2D eigenvalue weighted by molar-refractivity contribution is 5.75. The first-order valence-electron chi connectivity index (χ1n) is 6.72. The van der Waals surface area contributed by atoms with Crippen molar-refractivity contribution in [2.24, 2.45) is 7.05 Å². The Balaban J connectivity index is 2.00. The van der Waals surface area contributed by atoms with Gasteiger partial charge in [-0.25, -0.2) is 9.37 Å². The van der Waals surface area contributed by atoms with Gasteiger partial charge in [0.1, 0.15) is 17.0 Å². The summed E-state index contributed by atoms with van der Waals surface area (Å²) >= 11 is 0. The second-order valence-corrected chi connectivity index (χ2v) is 5.03. The summed E-state index contributed by atoms with van der Waals surface area (Å²) in [5.74, 6) is -1.20. The van der Waals surface area contributed by atoms with Gasteiger partial charge >= 0.3 is 6.18 Å². The number of rotatable bonds is 2. The Hall–Kier alpha value is -2.97. The van der Waals surface area contributed by atoms with Crippen molar-refractivity contribution in [3.63, 3.8) is 0 Å². The average molecular weight is 338 g/mol. The van der Waals surface area contributed by atoms with Crippen LogP contribution in [0.5, 0.6) is 0 Å². The van der Waals surface area contributed by atoms with E-state index in [1.54, 1.807) is 7.05 Å². The van der Waals surface area contributed by atoms with Crippen molar-refractivity contribution in [1.29, 1.82) is 0 Å². The Bertz CT molecular complexity index is 1000. The standard InChI is InChI=1S/C15H10F4N4O/c1-23-13-9(7-20-23)14(24)22-12(21-13)5-3-8-2-4-11(16)10(6-8)15(17,18)19/h2-7H,1H3,(H,21,22,24)/b5-3+. The maximum atomic E-state index is 13.3. The summed E-state index contributed by atoms with van der Waals surface area (Å²) < 4.78 is 52.7. The number of halogens is 4. The van der Waals surface area contributed by atoms with Crippen LogP contribution >= 0.6 is 0 Å². The van der Waals surface area contributed by atoms with Gasteiger partial charge in [0.25, 0.3) is 5.56 Å². The van der Waals surface area contributed by atoms with Crippen LogP contribution in [0.2, 0.25) is 0 Å². The van der Waals surface area contributed by atoms with Crippen LogP contribution < -0.4 is 5.56 Å². The first-order valence-corrected chi connectivity index (χ1v) is 6.72. The summed E-state index contributed by atoms with van der Waals surface area (Å²) in [6.45, 7) is 0. The van der Waals surface area contributed by atoms with E-state index in [0.29, 0.717) is 17.1 Å². The minimum Gasteiger partial charge on any atom is -0.306 e. The molecule has 3 rings (SSSR count). The lowest BCUT2D eigenvalue weighted by atomic mass is 10.1. The zero-order valence-corrected chi connectivity index (χ0v) is 12.2. The molecule has 2 heterocycles. The van der Waals surface area contributed by atoms with Crippen LogP contribution in [0.3, 0.4) is 0 Å². The summed E-state index contributed by atoms with van der Waals surface area (Å²) in [4.78, 5) is 18.5. The summed E-state index contributed by atoms with van der Waals surface area (Å²) in [5, 5.41) is 4.21. The molecule has 9 heteroatoms. The highest BCUT2D eigenvalue weighted by Gasteiger charge is 2.33. The number of nitrogens with one attached hydrogen (secondary N) is 1. The molecule has 1 aromatic carbocycles. The third kappa shape index (κ3) is 2.92. The number of benzene rings is 1. The molecular formula is C15H10F4N4O. The van der Waals surface area contributed by atoms with Gasteiger partial charge in [-0.2, -0.15) is 18.3 Å². The molecule has 3 aromatic rings. The van der Waals surface area contributed by atoms with Gasteiger partial charge < -0.3 is 4.98 Å². The molecule has 0 atom stereocenters. The van der Waals surface area contributed by atoms with Crippen molar-refractivity contribution in [2.75, 3.05) is 0 Å². The second-order valence-electron chi connectivity index (χ2n) is 5.03. The monoisotopic (exact) mass is 338 g/mol. The molecule has 0 unspecified atom stereocenters. The van der Waals surface area contributed by atoms with E-state index < -0.39 is 23.1 Å². The zero-order valence-electron chi connectivity index (χ0n) is 12.2. The van der Waals surface area contributed by atoms with E-state index in [1.165, 1.54) is 29.1 Å². The van der Waals surface area contributed by atoms with Crippen molar-refractivity contribution in [3.05, 3.63) is 57.5 Å². The SMILES string of the molecule is Cn1ncc2c(=O)[nH]c(/C=C/c3ccc(F)c(C(F)(F)F)c3)nc21. The number of aromatic nitrogens is 4. The van der Waals surface area contributed by atoms with Gasteiger partial charge in [-0.3, -0.25) is 9.48 Å². The molecule has 2 aromatic heterocycles. The number of H-pyrrole nitrogens is 1. The number of aryl methyl sites for hydroxylation is 1. The van der Waals surface area contributed by atoms with E-state index in [9.17, 15) is 22.4 Å². The van der Waals surface area contributed by atoms with Crippen LogP contribution in [0.25, 0.3) is 23.2 Å². The molecule has 0 fully saturated rings. The van der Waals surface area contributed by atoms with Gasteiger partial charge in [0.2, 0.25) is 0 Å². The maximum absolute atomic E-state index is 13.3. The predicted molar refractivity (Wildman–Crippen MR) is 79.5 cm³/mol. The number of fused-ring (bicyclic) bond motifs is 1. The summed E-state index contributed by atoms with van der Waals surface area (Å²) in [6, 6.07) is 2.62. The molecule has 0 aliphatic rings. The third-order valence-corrected chi connectivity index (χ3v) is 3.35. The molecule has 5 nitrogen and oxygen atoms in total. The van der Waals surface area contributed by atoms with Crippen LogP contribution in [0.1, 0.15) is 17.0 Å². The van der Waals surface area contributed by atoms with Gasteiger partial charge in [-0.1, -0.05) is 12.1 Å². The largest absolute Gasteiger partial charge is 0.419 e. The molecule has 0 saturated carbocycles. The number of hydrogen-bond donors (Lipinski definition) is 1. The van der Waals surface area contributed by atoms with Crippen LogP contribution in [-0.2, 0) is 13.2 Å². The van der Waals surface area contributed by atoms with E-state index in [-0.39, 0.29) is 11.4 Å². The molecular weight excluding hydrogens is 328 g/mol. The Labute approximate surface area is 132 Å². The maximum Gasteiger partial charge on any atom is 0.419 e. The number of nitrogens with zero attached hydrogens (tertiary/aromatic N) is 3. The van der Waals surface area contributed by atoms with Gasteiger partial charge in [0.15, 0.2) is 5.65 Å². The molecule has 0 spiro atoms.